The molecule has 0 bridgehead atoms. The summed E-state index contributed by atoms with van der Waals surface area (Å²) < 4.78 is 0. The number of oxime groups is 1. The lowest BCUT2D eigenvalue weighted by Crippen LogP contribution is -1.96. The van der Waals surface area contributed by atoms with Crippen LogP contribution in [0.5, 0.6) is 0 Å². The molecule has 0 heterocycles. The predicted octanol–water partition coefficient (Wildman–Crippen LogP) is 2.44. The molecular weight excluding hydrogens is 126 g/mol. The molecule has 0 aromatic carbocycles. The fraction of sp³-hybridized carbons (Fsp3) is 0.875. The van der Waals surface area contributed by atoms with Crippen LogP contribution in [0.3, 0.4) is 0 Å². The molecular formula is C8H17NO. The second-order valence-electron chi connectivity index (χ2n) is 2.77. The standard InChI is InChI=1S/C8H17NO/c1-4-5-6-9-10-7-8(2)3/h6,8H,4-5,7H2,1-3H3/b9-6-. The Bertz CT molecular complexity index is 89.3. The Labute approximate surface area is 63.3 Å². The van der Waals surface area contributed by atoms with E-state index in [4.69, 9.17) is 4.84 Å². The van der Waals surface area contributed by atoms with Crippen molar-refractivity contribution in [2.45, 2.75) is 33.6 Å². The number of unbranched alkanes of at least 4 members (excludes halogenated alkanes) is 1. The smallest absolute Gasteiger partial charge is 0.119 e. The topological polar surface area (TPSA) is 21.6 Å². The Kier molecular flexibility index (Phi) is 6.24. The highest BCUT2D eigenvalue weighted by atomic mass is 16.6. The Morgan fingerprint density at radius 2 is 2.20 bits per heavy atom. The minimum Gasteiger partial charge on any atom is -0.396 e. The van der Waals surface area contributed by atoms with Crippen LogP contribution in [-0.2, 0) is 4.84 Å². The molecule has 10 heavy (non-hydrogen) atoms. The van der Waals surface area contributed by atoms with Crippen molar-refractivity contribution in [3.05, 3.63) is 0 Å². The average Bonchev–Trinajstić information content (AvgIpc) is 1.87. The summed E-state index contributed by atoms with van der Waals surface area (Å²) >= 11 is 0. The molecule has 0 aliphatic rings. The second kappa shape index (κ2) is 6.59. The molecule has 60 valence electrons. The molecule has 0 aliphatic carbocycles. The maximum atomic E-state index is 4.97. The summed E-state index contributed by atoms with van der Waals surface area (Å²) in [7, 11) is 0. The van der Waals surface area contributed by atoms with Gasteiger partial charge < -0.3 is 4.84 Å². The second-order valence-corrected chi connectivity index (χ2v) is 2.77. The summed E-state index contributed by atoms with van der Waals surface area (Å²) in [6.07, 6.45) is 3.97. The molecule has 0 spiro atoms. The zero-order valence-electron chi connectivity index (χ0n) is 7.13. The van der Waals surface area contributed by atoms with Gasteiger partial charge in [0.05, 0.1) is 0 Å². The first kappa shape index (κ1) is 9.47. The fourth-order valence-corrected chi connectivity index (χ4v) is 0.427. The van der Waals surface area contributed by atoms with E-state index in [1.165, 1.54) is 0 Å². The van der Waals surface area contributed by atoms with Crippen LogP contribution in [0.25, 0.3) is 0 Å². The molecule has 0 rings (SSSR count). The molecule has 0 aliphatic heterocycles. The van der Waals surface area contributed by atoms with Gasteiger partial charge in [0, 0.05) is 6.21 Å². The minimum atomic E-state index is 0.568. The Morgan fingerprint density at radius 3 is 2.70 bits per heavy atom. The van der Waals surface area contributed by atoms with Gasteiger partial charge >= 0.3 is 0 Å². The van der Waals surface area contributed by atoms with Gasteiger partial charge in [-0.25, -0.2) is 0 Å². The van der Waals surface area contributed by atoms with Crippen molar-refractivity contribution in [3.63, 3.8) is 0 Å². The molecule has 0 fully saturated rings. The van der Waals surface area contributed by atoms with Gasteiger partial charge in [0.15, 0.2) is 0 Å². The van der Waals surface area contributed by atoms with Gasteiger partial charge in [0.2, 0.25) is 0 Å². The van der Waals surface area contributed by atoms with E-state index in [1.807, 2.05) is 6.21 Å². The van der Waals surface area contributed by atoms with E-state index in [0.717, 1.165) is 19.4 Å². The van der Waals surface area contributed by atoms with Gasteiger partial charge in [-0.05, 0) is 12.3 Å². The van der Waals surface area contributed by atoms with Gasteiger partial charge in [-0.15, -0.1) is 0 Å². The molecule has 0 atom stereocenters. The maximum absolute atomic E-state index is 4.97. The molecule has 0 saturated heterocycles. The molecule has 0 amide bonds. The summed E-state index contributed by atoms with van der Waals surface area (Å²) in [6, 6.07) is 0. The minimum absolute atomic E-state index is 0.568. The highest BCUT2D eigenvalue weighted by Crippen LogP contribution is 1.92. The lowest BCUT2D eigenvalue weighted by molar-refractivity contribution is 0.119. The zero-order valence-corrected chi connectivity index (χ0v) is 7.13. The molecule has 0 N–H and O–H groups in total. The van der Waals surface area contributed by atoms with E-state index in [-0.39, 0.29) is 0 Å². The zero-order chi connectivity index (χ0) is 7.82. The number of rotatable bonds is 5. The summed E-state index contributed by atoms with van der Waals surface area (Å²) in [5.74, 6) is 0.568. The number of hydrogen-bond acceptors (Lipinski definition) is 2. The molecule has 0 aromatic heterocycles. The third-order valence-electron chi connectivity index (χ3n) is 0.975. The summed E-state index contributed by atoms with van der Waals surface area (Å²) in [5, 5.41) is 3.78. The number of hydrogen-bond donors (Lipinski definition) is 0. The number of nitrogens with zero attached hydrogens (tertiary/aromatic N) is 1. The van der Waals surface area contributed by atoms with Gasteiger partial charge in [-0.1, -0.05) is 32.3 Å². The first-order chi connectivity index (χ1) is 4.77. The third-order valence-corrected chi connectivity index (χ3v) is 0.975. The monoisotopic (exact) mass is 143 g/mol. The first-order valence-electron chi connectivity index (χ1n) is 3.91. The van der Waals surface area contributed by atoms with Crippen molar-refractivity contribution in [1.82, 2.24) is 0 Å². The highest BCUT2D eigenvalue weighted by Gasteiger charge is 1.89. The average molecular weight is 143 g/mol. The summed E-state index contributed by atoms with van der Waals surface area (Å²) in [5.41, 5.74) is 0. The van der Waals surface area contributed by atoms with Gasteiger partial charge in [-0.3, -0.25) is 0 Å². The summed E-state index contributed by atoms with van der Waals surface area (Å²) in [4.78, 5) is 4.97. The van der Waals surface area contributed by atoms with Crippen LogP contribution in [0, 0.1) is 5.92 Å². The quantitative estimate of drug-likeness (QED) is 0.428. The molecule has 2 nitrogen and oxygen atoms in total. The molecule has 2 heteroatoms. The van der Waals surface area contributed by atoms with E-state index in [9.17, 15) is 0 Å². The van der Waals surface area contributed by atoms with Crippen LogP contribution >= 0.6 is 0 Å². The van der Waals surface area contributed by atoms with Crippen LogP contribution < -0.4 is 0 Å². The van der Waals surface area contributed by atoms with Crippen LogP contribution in [0.15, 0.2) is 5.16 Å². The molecule has 0 saturated carbocycles. The van der Waals surface area contributed by atoms with Crippen LogP contribution in [0.4, 0.5) is 0 Å². The van der Waals surface area contributed by atoms with E-state index in [0.29, 0.717) is 5.92 Å². The Balaban J connectivity index is 3.02. The van der Waals surface area contributed by atoms with Crippen molar-refractivity contribution in [2.24, 2.45) is 11.1 Å². The van der Waals surface area contributed by atoms with Crippen molar-refractivity contribution >= 4 is 6.21 Å². The Hall–Kier alpha value is -0.530. The SMILES string of the molecule is CCC/C=N\OCC(C)C. The third kappa shape index (κ3) is 7.47. The predicted molar refractivity (Wildman–Crippen MR) is 44.2 cm³/mol. The van der Waals surface area contributed by atoms with Gasteiger partial charge in [0.25, 0.3) is 0 Å². The van der Waals surface area contributed by atoms with Gasteiger partial charge in [0.1, 0.15) is 6.61 Å². The lowest BCUT2D eigenvalue weighted by Gasteiger charge is -2.00. The molecule has 0 radical (unpaired) electrons. The normalized spacial score (nSPS) is 11.2. The van der Waals surface area contributed by atoms with Crippen LogP contribution in [-0.4, -0.2) is 12.8 Å². The van der Waals surface area contributed by atoms with Crippen molar-refractivity contribution in [1.29, 1.82) is 0 Å². The first-order valence-corrected chi connectivity index (χ1v) is 3.91. The van der Waals surface area contributed by atoms with Crippen LogP contribution in [0.2, 0.25) is 0 Å². The van der Waals surface area contributed by atoms with Gasteiger partial charge in [-0.2, -0.15) is 0 Å². The van der Waals surface area contributed by atoms with E-state index < -0.39 is 0 Å². The fourth-order valence-electron chi connectivity index (χ4n) is 0.427. The highest BCUT2D eigenvalue weighted by molar-refractivity contribution is 5.55. The summed E-state index contributed by atoms with van der Waals surface area (Å²) in [6.45, 7) is 7.05. The van der Waals surface area contributed by atoms with E-state index in [2.05, 4.69) is 25.9 Å². The van der Waals surface area contributed by atoms with Crippen LogP contribution in [0.1, 0.15) is 33.6 Å². The van der Waals surface area contributed by atoms with E-state index >= 15 is 0 Å². The lowest BCUT2D eigenvalue weighted by atomic mass is 10.2. The van der Waals surface area contributed by atoms with Crippen molar-refractivity contribution < 1.29 is 4.84 Å². The molecule has 0 unspecified atom stereocenters. The van der Waals surface area contributed by atoms with Crippen molar-refractivity contribution in [3.8, 4) is 0 Å². The maximum Gasteiger partial charge on any atom is 0.119 e. The van der Waals surface area contributed by atoms with E-state index in [1.54, 1.807) is 0 Å². The Morgan fingerprint density at radius 1 is 1.50 bits per heavy atom. The molecule has 0 aromatic rings. The van der Waals surface area contributed by atoms with Crippen molar-refractivity contribution in [2.75, 3.05) is 6.61 Å². The largest absolute Gasteiger partial charge is 0.396 e.